The minimum atomic E-state index is -0.0331. The summed E-state index contributed by atoms with van der Waals surface area (Å²) < 4.78 is 5.48. The van der Waals surface area contributed by atoms with E-state index in [1.165, 1.54) is 11.3 Å². The first-order chi connectivity index (χ1) is 11.1. The van der Waals surface area contributed by atoms with Crippen LogP contribution in [0.15, 0.2) is 24.3 Å². The summed E-state index contributed by atoms with van der Waals surface area (Å²) in [6.07, 6.45) is 0. The topological polar surface area (TPSA) is 54.5 Å². The average Bonchev–Trinajstić information content (AvgIpc) is 2.92. The summed E-state index contributed by atoms with van der Waals surface area (Å²) in [5.74, 6) is 0.877. The van der Waals surface area contributed by atoms with Gasteiger partial charge in [-0.15, -0.1) is 36.2 Å². The lowest BCUT2D eigenvalue weighted by atomic mass is 10.0. The van der Waals surface area contributed by atoms with Gasteiger partial charge in [0.1, 0.15) is 10.6 Å². The minimum absolute atomic E-state index is 0. The average molecular weight is 404 g/mol. The van der Waals surface area contributed by atoms with Crippen molar-refractivity contribution in [1.29, 1.82) is 0 Å². The maximum atomic E-state index is 13.0. The number of carbonyl (C=O) groups is 1. The number of amides is 1. The van der Waals surface area contributed by atoms with Crippen LogP contribution in [0.25, 0.3) is 0 Å². The smallest absolute Gasteiger partial charge is 0.266 e. The van der Waals surface area contributed by atoms with Gasteiger partial charge in [0.25, 0.3) is 5.91 Å². The fourth-order valence-electron chi connectivity index (χ4n) is 3.03. The fourth-order valence-corrected chi connectivity index (χ4v) is 3.90. The van der Waals surface area contributed by atoms with E-state index in [1.54, 1.807) is 7.11 Å². The molecule has 1 amide bonds. The maximum absolute atomic E-state index is 13.0. The quantitative estimate of drug-likeness (QED) is 0.852. The summed E-state index contributed by atoms with van der Waals surface area (Å²) in [6, 6.07) is 7.86. The highest BCUT2D eigenvalue weighted by atomic mass is 35.5. The number of carbonyl (C=O) groups excluding carboxylic acids is 1. The van der Waals surface area contributed by atoms with Gasteiger partial charge in [-0.2, -0.15) is 0 Å². The molecule has 3 rings (SSSR count). The first-order valence-corrected chi connectivity index (χ1v) is 8.52. The Morgan fingerprint density at radius 3 is 2.68 bits per heavy atom. The molecule has 5 nitrogen and oxygen atoms in total. The number of halogens is 2. The molecule has 8 heteroatoms. The van der Waals surface area contributed by atoms with E-state index in [0.717, 1.165) is 40.0 Å². The van der Waals surface area contributed by atoms with Gasteiger partial charge in [0.05, 0.1) is 23.9 Å². The zero-order chi connectivity index (χ0) is 16.4. The van der Waals surface area contributed by atoms with Crippen molar-refractivity contribution in [2.75, 3.05) is 26.7 Å². The number of rotatable bonds is 3. The Hall–Kier alpha value is -1.34. The third-order valence-electron chi connectivity index (χ3n) is 4.10. The summed E-state index contributed by atoms with van der Waals surface area (Å²) >= 11 is 1.47. The zero-order valence-corrected chi connectivity index (χ0v) is 16.9. The van der Waals surface area contributed by atoms with Crippen molar-refractivity contribution in [3.63, 3.8) is 0 Å². The van der Waals surface area contributed by atoms with Gasteiger partial charge in [-0.05, 0) is 19.9 Å². The number of thiazole rings is 1. The molecule has 1 fully saturated rings. The van der Waals surface area contributed by atoms with Crippen LogP contribution in [0.3, 0.4) is 0 Å². The molecule has 1 aromatic heterocycles. The lowest BCUT2D eigenvalue weighted by molar-refractivity contribution is 0.0635. The van der Waals surface area contributed by atoms with Crippen LogP contribution in [0.4, 0.5) is 0 Å². The van der Waals surface area contributed by atoms with Crippen LogP contribution >= 0.6 is 36.2 Å². The number of nitrogens with zero attached hydrogens (tertiary/aromatic N) is 2. The van der Waals surface area contributed by atoms with Gasteiger partial charge in [-0.25, -0.2) is 4.98 Å². The number of piperazine rings is 1. The van der Waals surface area contributed by atoms with E-state index in [9.17, 15) is 4.79 Å². The molecule has 1 aromatic carbocycles. The molecule has 2 heterocycles. The molecule has 0 spiro atoms. The Kier molecular flexibility index (Phi) is 8.15. The zero-order valence-electron chi connectivity index (χ0n) is 14.4. The third kappa shape index (κ3) is 4.44. The van der Waals surface area contributed by atoms with Crippen LogP contribution in [0.5, 0.6) is 5.75 Å². The van der Waals surface area contributed by atoms with Crippen molar-refractivity contribution in [1.82, 2.24) is 15.2 Å². The molecule has 1 unspecified atom stereocenters. The monoisotopic (exact) mass is 403 g/mol. The summed E-state index contributed by atoms with van der Waals surface area (Å²) in [5.41, 5.74) is 1.85. The molecule has 138 valence electrons. The van der Waals surface area contributed by atoms with E-state index in [-0.39, 0.29) is 36.8 Å². The van der Waals surface area contributed by atoms with Crippen molar-refractivity contribution in [2.45, 2.75) is 19.9 Å². The van der Waals surface area contributed by atoms with E-state index in [2.05, 4.69) is 10.3 Å². The summed E-state index contributed by atoms with van der Waals surface area (Å²) in [6.45, 7) is 6.04. The van der Waals surface area contributed by atoms with Crippen LogP contribution in [0.1, 0.15) is 32.0 Å². The number of methoxy groups -OCH3 is 1. The van der Waals surface area contributed by atoms with Crippen LogP contribution in [-0.2, 0) is 0 Å². The van der Waals surface area contributed by atoms with E-state index in [0.29, 0.717) is 6.54 Å². The second-order valence-electron chi connectivity index (χ2n) is 5.61. The molecule has 0 aliphatic carbocycles. The van der Waals surface area contributed by atoms with Gasteiger partial charge in [0, 0.05) is 25.2 Å². The number of aryl methyl sites for hydroxylation is 2. The lowest BCUT2D eigenvalue weighted by Crippen LogP contribution is -2.48. The van der Waals surface area contributed by atoms with Gasteiger partial charge in [-0.3, -0.25) is 4.79 Å². The number of hydrogen-bond donors (Lipinski definition) is 1. The van der Waals surface area contributed by atoms with Crippen molar-refractivity contribution in [2.24, 2.45) is 0 Å². The van der Waals surface area contributed by atoms with Crippen LogP contribution in [-0.4, -0.2) is 42.5 Å². The first kappa shape index (κ1) is 21.7. The normalized spacial score (nSPS) is 16.6. The molecule has 25 heavy (non-hydrogen) atoms. The van der Waals surface area contributed by atoms with E-state index >= 15 is 0 Å². The predicted molar refractivity (Wildman–Crippen MR) is 106 cm³/mol. The second-order valence-corrected chi connectivity index (χ2v) is 6.81. The number of ether oxygens (including phenoxy) is 1. The highest BCUT2D eigenvalue weighted by molar-refractivity contribution is 7.13. The Morgan fingerprint density at radius 2 is 2.04 bits per heavy atom. The molecule has 0 bridgehead atoms. The van der Waals surface area contributed by atoms with Crippen LogP contribution < -0.4 is 10.1 Å². The molecule has 0 saturated carbocycles. The van der Waals surface area contributed by atoms with Gasteiger partial charge < -0.3 is 15.0 Å². The molecule has 2 aromatic rings. The van der Waals surface area contributed by atoms with Crippen molar-refractivity contribution < 1.29 is 9.53 Å². The van der Waals surface area contributed by atoms with Gasteiger partial charge in [-0.1, -0.05) is 18.2 Å². The second kappa shape index (κ2) is 9.38. The van der Waals surface area contributed by atoms with Gasteiger partial charge in [0.15, 0.2) is 0 Å². The summed E-state index contributed by atoms with van der Waals surface area (Å²) in [7, 11) is 1.66. The number of benzene rings is 1. The standard InChI is InChI=1S/C17H21N3O2S.2ClH/c1-11-16(23-12(2)19-11)17(21)20-9-8-18-10-14(20)13-6-4-5-7-15(13)22-3;;/h4-7,14,18H,8-10H2,1-3H3;2*1H. The summed E-state index contributed by atoms with van der Waals surface area (Å²) in [4.78, 5) is 20.1. The van der Waals surface area contributed by atoms with E-state index in [1.807, 2.05) is 43.0 Å². The number of aromatic nitrogens is 1. The van der Waals surface area contributed by atoms with Crippen molar-refractivity contribution in [3.05, 3.63) is 45.4 Å². The Morgan fingerprint density at radius 1 is 1.32 bits per heavy atom. The highest BCUT2D eigenvalue weighted by Crippen LogP contribution is 2.32. The lowest BCUT2D eigenvalue weighted by Gasteiger charge is -2.37. The highest BCUT2D eigenvalue weighted by Gasteiger charge is 2.32. The number of hydrogen-bond acceptors (Lipinski definition) is 5. The Balaban J connectivity index is 0.00000156. The minimum Gasteiger partial charge on any atom is -0.496 e. The van der Waals surface area contributed by atoms with Crippen molar-refractivity contribution >= 4 is 42.1 Å². The van der Waals surface area contributed by atoms with Gasteiger partial charge in [0.2, 0.25) is 0 Å². The number of para-hydroxylation sites is 1. The Bertz CT molecular complexity index is 724. The third-order valence-corrected chi connectivity index (χ3v) is 5.16. The molecule has 1 saturated heterocycles. The predicted octanol–water partition coefficient (Wildman–Crippen LogP) is 3.40. The van der Waals surface area contributed by atoms with Crippen LogP contribution in [0, 0.1) is 13.8 Å². The largest absolute Gasteiger partial charge is 0.496 e. The fraction of sp³-hybridized carbons (Fsp3) is 0.412. The van der Waals surface area contributed by atoms with Crippen LogP contribution in [0.2, 0.25) is 0 Å². The first-order valence-electron chi connectivity index (χ1n) is 7.70. The maximum Gasteiger partial charge on any atom is 0.266 e. The Labute approximate surface area is 164 Å². The van der Waals surface area contributed by atoms with Gasteiger partial charge >= 0.3 is 0 Å². The molecular weight excluding hydrogens is 381 g/mol. The molecule has 1 aliphatic rings. The summed E-state index contributed by atoms with van der Waals surface area (Å²) in [5, 5.41) is 4.30. The SMILES string of the molecule is COc1ccccc1C1CNCCN1C(=O)c1sc(C)nc1C.Cl.Cl. The molecular formula is C17H23Cl2N3O2S. The molecule has 1 N–H and O–H groups in total. The molecule has 0 radical (unpaired) electrons. The number of nitrogens with one attached hydrogen (secondary N) is 1. The van der Waals surface area contributed by atoms with Crippen molar-refractivity contribution in [3.8, 4) is 5.75 Å². The molecule has 1 aliphatic heterocycles. The molecule has 1 atom stereocenters. The van der Waals surface area contributed by atoms with E-state index < -0.39 is 0 Å². The van der Waals surface area contributed by atoms with E-state index in [4.69, 9.17) is 4.74 Å².